The van der Waals surface area contributed by atoms with Crippen molar-refractivity contribution in [3.8, 4) is 15.6 Å². The Morgan fingerprint density at radius 2 is 2.03 bits per heavy atom. The van der Waals surface area contributed by atoms with Crippen LogP contribution in [0.15, 0.2) is 35.7 Å². The maximum absolute atomic E-state index is 12.8. The topological polar surface area (TPSA) is 97.8 Å². The van der Waals surface area contributed by atoms with E-state index in [9.17, 15) is 14.7 Å². The summed E-state index contributed by atoms with van der Waals surface area (Å²) in [5.74, 6) is -0.662. The molecule has 1 aromatic carbocycles. The van der Waals surface area contributed by atoms with Crippen molar-refractivity contribution in [1.29, 1.82) is 0 Å². The maximum Gasteiger partial charge on any atom is 0.333 e. The number of aromatic nitrogens is 1. The first kappa shape index (κ1) is 23.9. The summed E-state index contributed by atoms with van der Waals surface area (Å²) < 4.78 is 10.9. The smallest absolute Gasteiger partial charge is 0.333 e. The lowest BCUT2D eigenvalue weighted by Gasteiger charge is -2.18. The van der Waals surface area contributed by atoms with Gasteiger partial charge in [-0.05, 0) is 43.8 Å². The third-order valence-electron chi connectivity index (χ3n) is 4.66. The van der Waals surface area contributed by atoms with Crippen LogP contribution < -0.4 is 10.1 Å². The van der Waals surface area contributed by atoms with E-state index in [1.807, 2.05) is 36.6 Å². The Kier molecular flexibility index (Phi) is 8.00. The molecule has 3 aromatic rings. The van der Waals surface area contributed by atoms with Crippen LogP contribution in [-0.4, -0.2) is 41.3 Å². The number of nitrogens with zero attached hydrogens (tertiary/aromatic N) is 1. The zero-order valence-electron chi connectivity index (χ0n) is 18.4. The number of ether oxygens (including phenoxy) is 2. The number of aryl methyl sites for hydroxylation is 1. The van der Waals surface area contributed by atoms with Crippen LogP contribution in [0.3, 0.4) is 0 Å². The van der Waals surface area contributed by atoms with Crippen molar-refractivity contribution in [2.75, 3.05) is 7.11 Å². The van der Waals surface area contributed by atoms with Crippen LogP contribution >= 0.6 is 22.7 Å². The molecule has 32 heavy (non-hydrogen) atoms. The summed E-state index contributed by atoms with van der Waals surface area (Å²) in [6.07, 6.45) is -0.930. The van der Waals surface area contributed by atoms with Crippen LogP contribution in [0.1, 0.15) is 40.3 Å². The molecule has 1 amide bonds. The van der Waals surface area contributed by atoms with Crippen molar-refractivity contribution >= 4 is 34.6 Å². The van der Waals surface area contributed by atoms with Gasteiger partial charge in [0.2, 0.25) is 0 Å². The minimum absolute atomic E-state index is 0.200. The van der Waals surface area contributed by atoms with Crippen LogP contribution in [0.5, 0.6) is 5.75 Å². The fourth-order valence-corrected chi connectivity index (χ4v) is 4.91. The zero-order chi connectivity index (χ0) is 23.3. The monoisotopic (exact) mass is 474 g/mol. The van der Waals surface area contributed by atoms with Gasteiger partial charge >= 0.3 is 5.97 Å². The predicted molar refractivity (Wildman–Crippen MR) is 126 cm³/mol. The number of carbonyl (C=O) groups is 2. The summed E-state index contributed by atoms with van der Waals surface area (Å²) in [5, 5.41) is 15.2. The van der Waals surface area contributed by atoms with Crippen molar-refractivity contribution in [2.45, 2.75) is 45.9 Å². The molecule has 3 rings (SSSR count). The van der Waals surface area contributed by atoms with E-state index < -0.39 is 12.1 Å². The summed E-state index contributed by atoms with van der Waals surface area (Å²) in [4.78, 5) is 30.7. The van der Waals surface area contributed by atoms with E-state index in [0.29, 0.717) is 11.4 Å². The van der Waals surface area contributed by atoms with Gasteiger partial charge in [-0.3, -0.25) is 4.79 Å². The van der Waals surface area contributed by atoms with Gasteiger partial charge in [-0.15, -0.1) is 22.7 Å². The summed E-state index contributed by atoms with van der Waals surface area (Å²) in [7, 11) is 1.56. The highest BCUT2D eigenvalue weighted by Gasteiger charge is 2.21. The fraction of sp³-hybridized carbons (Fsp3) is 0.348. The number of aliphatic carboxylic acids is 1. The van der Waals surface area contributed by atoms with E-state index in [2.05, 4.69) is 10.3 Å². The van der Waals surface area contributed by atoms with Crippen LogP contribution in [0, 0.1) is 6.92 Å². The minimum atomic E-state index is -1.01. The first-order chi connectivity index (χ1) is 15.3. The van der Waals surface area contributed by atoms with Crippen LogP contribution in [0.25, 0.3) is 9.88 Å². The number of carbonyl (C=O) groups excluding carboxylic acids is 1. The van der Waals surface area contributed by atoms with Gasteiger partial charge in [0, 0.05) is 23.4 Å². The Morgan fingerprint density at radius 1 is 1.25 bits per heavy atom. The van der Waals surface area contributed by atoms with Crippen molar-refractivity contribution in [2.24, 2.45) is 0 Å². The molecule has 0 spiro atoms. The number of nitrogens with one attached hydrogen (secondary N) is 1. The molecule has 0 saturated heterocycles. The lowest BCUT2D eigenvalue weighted by atomic mass is 10.0. The normalized spacial score (nSPS) is 12.0. The molecule has 2 heterocycles. The second-order valence-corrected chi connectivity index (χ2v) is 9.60. The molecule has 2 aromatic heterocycles. The van der Waals surface area contributed by atoms with Gasteiger partial charge in [-0.25, -0.2) is 9.78 Å². The van der Waals surface area contributed by atoms with Gasteiger partial charge in [-0.2, -0.15) is 0 Å². The van der Waals surface area contributed by atoms with E-state index in [1.165, 1.54) is 11.3 Å². The Balaban J connectivity index is 1.73. The largest absolute Gasteiger partial charge is 0.496 e. The summed E-state index contributed by atoms with van der Waals surface area (Å²) in [6.45, 7) is 5.71. The molecule has 0 radical (unpaired) electrons. The highest BCUT2D eigenvalue weighted by molar-refractivity contribution is 7.21. The molecule has 2 N–H and O–H groups in total. The molecular weight excluding hydrogens is 448 g/mol. The number of carboxylic acids is 1. The molecule has 0 aliphatic carbocycles. The van der Waals surface area contributed by atoms with Crippen LogP contribution in [-0.2, 0) is 22.5 Å². The number of carboxylic acid groups (broad SMARTS) is 1. The number of methoxy groups -OCH3 is 1. The molecule has 7 nitrogen and oxygen atoms in total. The molecule has 0 fully saturated rings. The molecule has 0 bridgehead atoms. The lowest BCUT2D eigenvalue weighted by Crippen LogP contribution is -2.29. The second kappa shape index (κ2) is 10.7. The molecule has 1 atom stereocenters. The molecule has 0 aliphatic rings. The number of thiazole rings is 1. The Bertz CT molecular complexity index is 1080. The van der Waals surface area contributed by atoms with E-state index in [-0.39, 0.29) is 25.0 Å². The molecular formula is C23H26N2O5S2. The molecule has 170 valence electrons. The summed E-state index contributed by atoms with van der Waals surface area (Å²) in [6, 6.07) is 9.35. The van der Waals surface area contributed by atoms with Crippen molar-refractivity contribution in [3.63, 3.8) is 0 Å². The van der Waals surface area contributed by atoms with Crippen molar-refractivity contribution < 1.29 is 24.2 Å². The van der Waals surface area contributed by atoms with Gasteiger partial charge in [0.25, 0.3) is 5.91 Å². The molecule has 0 aliphatic heterocycles. The van der Waals surface area contributed by atoms with Gasteiger partial charge < -0.3 is 19.9 Å². The van der Waals surface area contributed by atoms with Crippen LogP contribution in [0.2, 0.25) is 0 Å². The SMILES string of the molecule is COc1ccc(CC(OC(C)C)C(=O)O)cc1CNC(=O)c1nc(-c2cccs2)sc1C. The molecule has 0 saturated carbocycles. The Hall–Kier alpha value is -2.75. The lowest BCUT2D eigenvalue weighted by molar-refractivity contribution is -0.153. The number of rotatable bonds is 10. The van der Waals surface area contributed by atoms with Gasteiger partial charge in [-0.1, -0.05) is 18.2 Å². The second-order valence-electron chi connectivity index (χ2n) is 7.45. The molecule has 9 heteroatoms. The standard InChI is InChI=1S/C23H26N2O5S2/c1-13(2)30-18(23(27)28)11-15-7-8-17(29-4)16(10-15)12-24-21(26)20-14(3)32-22(25-20)19-6-5-9-31-19/h5-10,13,18H,11-12H2,1-4H3,(H,24,26)(H,27,28). The Labute approximate surface area is 195 Å². The van der Waals surface area contributed by atoms with E-state index in [1.54, 1.807) is 38.4 Å². The van der Waals surface area contributed by atoms with E-state index >= 15 is 0 Å². The average Bonchev–Trinajstić information content (AvgIpc) is 3.41. The number of amides is 1. The Morgan fingerprint density at radius 3 is 2.66 bits per heavy atom. The van der Waals surface area contributed by atoms with Crippen molar-refractivity contribution in [1.82, 2.24) is 10.3 Å². The number of hydrogen-bond acceptors (Lipinski definition) is 7. The minimum Gasteiger partial charge on any atom is -0.496 e. The number of hydrogen-bond donors (Lipinski definition) is 2. The molecule has 1 unspecified atom stereocenters. The summed E-state index contributed by atoms with van der Waals surface area (Å²) >= 11 is 3.08. The summed E-state index contributed by atoms with van der Waals surface area (Å²) in [5.41, 5.74) is 1.94. The van der Waals surface area contributed by atoms with Gasteiger partial charge in [0.15, 0.2) is 6.10 Å². The third kappa shape index (κ3) is 5.93. The quantitative estimate of drug-likeness (QED) is 0.448. The average molecular weight is 475 g/mol. The predicted octanol–water partition coefficient (Wildman–Crippen LogP) is 4.54. The zero-order valence-corrected chi connectivity index (χ0v) is 20.0. The first-order valence-electron chi connectivity index (χ1n) is 10.1. The number of benzene rings is 1. The third-order valence-corrected chi connectivity index (χ3v) is 6.67. The first-order valence-corrected chi connectivity index (χ1v) is 11.8. The maximum atomic E-state index is 12.8. The van der Waals surface area contributed by atoms with Crippen LogP contribution in [0.4, 0.5) is 0 Å². The highest BCUT2D eigenvalue weighted by atomic mass is 32.1. The van der Waals surface area contributed by atoms with Crippen molar-refractivity contribution in [3.05, 3.63) is 57.4 Å². The van der Waals surface area contributed by atoms with Gasteiger partial charge in [0.1, 0.15) is 16.5 Å². The highest BCUT2D eigenvalue weighted by Crippen LogP contribution is 2.31. The number of thiophene rings is 1. The van der Waals surface area contributed by atoms with E-state index in [0.717, 1.165) is 25.9 Å². The van der Waals surface area contributed by atoms with Gasteiger partial charge in [0.05, 0.1) is 18.1 Å². The fourth-order valence-electron chi connectivity index (χ4n) is 3.21. The van der Waals surface area contributed by atoms with E-state index in [4.69, 9.17) is 9.47 Å².